The zero-order valence-electron chi connectivity index (χ0n) is 9.95. The van der Waals surface area contributed by atoms with Crippen LogP contribution in [0.5, 0.6) is 0 Å². The summed E-state index contributed by atoms with van der Waals surface area (Å²) in [4.78, 5) is 1.70. The van der Waals surface area contributed by atoms with Gasteiger partial charge in [-0.15, -0.1) is 12.4 Å². The molecule has 0 unspecified atom stereocenters. The minimum absolute atomic E-state index is 0. The van der Waals surface area contributed by atoms with Crippen molar-refractivity contribution in [2.75, 3.05) is 45.9 Å². The number of halogens is 1. The lowest BCUT2D eigenvalue weighted by Crippen LogP contribution is -2.28. The van der Waals surface area contributed by atoms with Crippen LogP contribution in [-0.2, 0) is 28.6 Å². The Hall–Kier alpha value is 0.0700. The van der Waals surface area contributed by atoms with Gasteiger partial charge in [-0.05, 0) is 7.05 Å². The van der Waals surface area contributed by atoms with Gasteiger partial charge in [-0.1, -0.05) is 0 Å². The summed E-state index contributed by atoms with van der Waals surface area (Å²) in [5, 5.41) is 0. The van der Waals surface area contributed by atoms with Crippen molar-refractivity contribution in [3.05, 3.63) is 0 Å². The van der Waals surface area contributed by atoms with E-state index >= 15 is 0 Å². The maximum Gasteiger partial charge on any atom is 0.264 e. The summed E-state index contributed by atoms with van der Waals surface area (Å²) in [6, 6.07) is 0. The van der Waals surface area contributed by atoms with Gasteiger partial charge in [0.25, 0.3) is 20.2 Å². The molecule has 0 saturated carbocycles. The molecule has 0 fully saturated rings. The van der Waals surface area contributed by atoms with Gasteiger partial charge in [-0.2, -0.15) is 16.8 Å². The summed E-state index contributed by atoms with van der Waals surface area (Å²) in [6.07, 6.45) is 1.94. The second-order valence-corrected chi connectivity index (χ2v) is 6.64. The van der Waals surface area contributed by atoms with Crippen LogP contribution in [0.3, 0.4) is 0 Å². The number of rotatable bonds is 8. The quantitative estimate of drug-likeness (QED) is 0.547. The van der Waals surface area contributed by atoms with Gasteiger partial charge in [-0.25, -0.2) is 0 Å². The average molecular weight is 312 g/mol. The van der Waals surface area contributed by atoms with Crippen LogP contribution in [0.15, 0.2) is 0 Å². The topological polar surface area (TPSA) is 90.0 Å². The van der Waals surface area contributed by atoms with Crippen molar-refractivity contribution in [1.29, 1.82) is 0 Å². The largest absolute Gasteiger partial charge is 0.302 e. The van der Waals surface area contributed by atoms with Crippen LogP contribution in [0.4, 0.5) is 0 Å². The average Bonchev–Trinajstić information content (AvgIpc) is 1.98. The van der Waals surface area contributed by atoms with Gasteiger partial charge < -0.3 is 4.90 Å². The highest BCUT2D eigenvalue weighted by Crippen LogP contribution is 1.91. The smallest absolute Gasteiger partial charge is 0.264 e. The van der Waals surface area contributed by atoms with E-state index in [1.165, 1.54) is 0 Å². The van der Waals surface area contributed by atoms with Gasteiger partial charge in [0, 0.05) is 13.1 Å². The Balaban J connectivity index is 0. The summed E-state index contributed by atoms with van der Waals surface area (Å²) in [5.74, 6) is 0. The number of nitrogens with zero attached hydrogens (tertiary/aromatic N) is 1. The summed E-state index contributed by atoms with van der Waals surface area (Å²) in [6.45, 7) is 0.822. The standard InChI is InChI=1S/C7H17NO6S2.ClH/c1-8(4-6-13-15(2,9)10)5-7-14-16(3,11)12;/h4-7H2,1-3H3;1H. The third-order valence-corrected chi connectivity index (χ3v) is 2.73. The van der Waals surface area contributed by atoms with E-state index in [0.717, 1.165) is 12.5 Å². The predicted octanol–water partition coefficient (Wildman–Crippen LogP) is -0.708. The molecule has 0 aromatic rings. The molecule has 0 amide bonds. The highest BCUT2D eigenvalue weighted by atomic mass is 35.5. The Labute approximate surface area is 109 Å². The molecule has 0 heterocycles. The molecule has 0 aromatic heterocycles. The fourth-order valence-corrected chi connectivity index (χ4v) is 1.56. The molecule has 0 aliphatic heterocycles. The highest BCUT2D eigenvalue weighted by Gasteiger charge is 2.05. The van der Waals surface area contributed by atoms with Gasteiger partial charge >= 0.3 is 0 Å². The summed E-state index contributed by atoms with van der Waals surface area (Å²) in [5.41, 5.74) is 0. The van der Waals surface area contributed by atoms with Gasteiger partial charge in [0.2, 0.25) is 0 Å². The van der Waals surface area contributed by atoms with Crippen LogP contribution < -0.4 is 0 Å². The van der Waals surface area contributed by atoms with Crippen LogP contribution >= 0.6 is 12.4 Å². The molecule has 0 saturated heterocycles. The van der Waals surface area contributed by atoms with Crippen LogP contribution in [0.2, 0.25) is 0 Å². The van der Waals surface area contributed by atoms with E-state index in [9.17, 15) is 16.8 Å². The van der Waals surface area contributed by atoms with Crippen molar-refractivity contribution in [3.63, 3.8) is 0 Å². The maximum atomic E-state index is 10.6. The molecule has 0 N–H and O–H groups in total. The zero-order chi connectivity index (χ0) is 12.8. The Morgan fingerprint density at radius 3 is 1.41 bits per heavy atom. The molecule has 0 aliphatic carbocycles. The molecule has 0 aromatic carbocycles. The first kappa shape index (κ1) is 19.4. The first-order valence-corrected chi connectivity index (χ1v) is 8.11. The second-order valence-electron chi connectivity index (χ2n) is 3.36. The van der Waals surface area contributed by atoms with E-state index in [0.29, 0.717) is 13.1 Å². The molecule has 7 nitrogen and oxygen atoms in total. The zero-order valence-corrected chi connectivity index (χ0v) is 12.4. The SMILES string of the molecule is CN(CCOS(C)(=O)=O)CCOS(C)(=O)=O.Cl. The third-order valence-electron chi connectivity index (χ3n) is 1.54. The minimum Gasteiger partial charge on any atom is -0.302 e. The van der Waals surface area contributed by atoms with E-state index in [1.54, 1.807) is 11.9 Å². The van der Waals surface area contributed by atoms with Gasteiger partial charge in [0.15, 0.2) is 0 Å². The molecule has 10 heteroatoms. The van der Waals surface area contributed by atoms with Crippen molar-refractivity contribution in [3.8, 4) is 0 Å². The molecule has 0 aliphatic rings. The van der Waals surface area contributed by atoms with E-state index in [-0.39, 0.29) is 25.6 Å². The van der Waals surface area contributed by atoms with Crippen LogP contribution in [0, 0.1) is 0 Å². The number of likely N-dealkylation sites (N-methyl/N-ethyl adjacent to an activating group) is 1. The molecule has 0 bridgehead atoms. The van der Waals surface area contributed by atoms with Crippen molar-refractivity contribution in [2.24, 2.45) is 0 Å². The van der Waals surface area contributed by atoms with Crippen molar-refractivity contribution in [2.45, 2.75) is 0 Å². The lowest BCUT2D eigenvalue weighted by Gasteiger charge is -2.15. The molecule has 0 rings (SSSR count). The summed E-state index contributed by atoms with van der Waals surface area (Å²) < 4.78 is 51.5. The Kier molecular flexibility index (Phi) is 9.39. The lowest BCUT2D eigenvalue weighted by molar-refractivity contribution is 0.208. The van der Waals surface area contributed by atoms with E-state index in [4.69, 9.17) is 0 Å². The Bertz CT molecular complexity index is 355. The van der Waals surface area contributed by atoms with Crippen molar-refractivity contribution in [1.82, 2.24) is 4.90 Å². The second kappa shape index (κ2) is 8.22. The Morgan fingerprint density at radius 1 is 0.882 bits per heavy atom. The molecule has 0 spiro atoms. The van der Waals surface area contributed by atoms with Crippen molar-refractivity contribution >= 4 is 32.6 Å². The van der Waals surface area contributed by atoms with E-state index < -0.39 is 20.2 Å². The first-order chi connectivity index (χ1) is 7.10. The highest BCUT2D eigenvalue weighted by molar-refractivity contribution is 7.86. The predicted molar refractivity (Wildman–Crippen MR) is 66.3 cm³/mol. The Morgan fingerprint density at radius 2 is 1.18 bits per heavy atom. The van der Waals surface area contributed by atoms with Crippen LogP contribution in [-0.4, -0.2) is 67.6 Å². The first-order valence-electron chi connectivity index (χ1n) is 4.47. The normalized spacial score (nSPS) is 12.5. The van der Waals surface area contributed by atoms with Crippen LogP contribution in [0.1, 0.15) is 0 Å². The summed E-state index contributed by atoms with van der Waals surface area (Å²) in [7, 11) is -5.13. The fourth-order valence-electron chi connectivity index (χ4n) is 0.801. The van der Waals surface area contributed by atoms with Crippen molar-refractivity contribution < 1.29 is 25.2 Å². The molecule has 17 heavy (non-hydrogen) atoms. The molecular weight excluding hydrogens is 294 g/mol. The summed E-state index contributed by atoms with van der Waals surface area (Å²) >= 11 is 0. The lowest BCUT2D eigenvalue weighted by atomic mass is 10.5. The molecular formula is C7H18ClNO6S2. The van der Waals surface area contributed by atoms with Gasteiger partial charge in [0.1, 0.15) is 0 Å². The molecule has 106 valence electrons. The van der Waals surface area contributed by atoms with E-state index in [1.807, 2.05) is 0 Å². The number of hydrogen-bond acceptors (Lipinski definition) is 7. The van der Waals surface area contributed by atoms with E-state index in [2.05, 4.69) is 8.37 Å². The van der Waals surface area contributed by atoms with Gasteiger partial charge in [-0.3, -0.25) is 8.37 Å². The monoisotopic (exact) mass is 311 g/mol. The fraction of sp³-hybridized carbons (Fsp3) is 1.00. The minimum atomic E-state index is -3.42. The molecule has 0 radical (unpaired) electrons. The molecule has 0 atom stereocenters. The van der Waals surface area contributed by atoms with Crippen LogP contribution in [0.25, 0.3) is 0 Å². The maximum absolute atomic E-state index is 10.6. The number of hydrogen-bond donors (Lipinski definition) is 0. The third kappa shape index (κ3) is 16.1. The van der Waals surface area contributed by atoms with Gasteiger partial charge in [0.05, 0.1) is 25.7 Å².